The zero-order valence-corrected chi connectivity index (χ0v) is 19.7. The number of nitrogens with one attached hydrogen (secondary N) is 1. The monoisotopic (exact) mass is 454 g/mol. The summed E-state index contributed by atoms with van der Waals surface area (Å²) < 4.78 is 7.66. The minimum Gasteiger partial charge on any atom is -0.497 e. The first kappa shape index (κ1) is 21.2. The van der Waals surface area contributed by atoms with Crippen molar-refractivity contribution in [3.8, 4) is 11.4 Å². The summed E-state index contributed by atoms with van der Waals surface area (Å²) in [5.41, 5.74) is 6.60. The number of aryl methyl sites for hydroxylation is 2. The molecule has 1 saturated heterocycles. The standard InChI is InChI=1S/C27H26N4OS/c1-18-7-10-21(11-8-18)31-26(25(29-27(31)33)23-6-4-5-17-28-23)24-16-9-19(2)30(24)20-12-14-22(32-3)15-13-20/h4-17,25-26H,1-3H3,(H,29,33)/t25-,26+/m1/s1. The van der Waals surface area contributed by atoms with Crippen molar-refractivity contribution in [2.24, 2.45) is 0 Å². The molecule has 4 aromatic rings. The van der Waals surface area contributed by atoms with Crippen LogP contribution in [-0.2, 0) is 0 Å². The minimum atomic E-state index is -0.0914. The zero-order valence-electron chi connectivity index (χ0n) is 18.9. The van der Waals surface area contributed by atoms with Gasteiger partial charge in [-0.3, -0.25) is 4.98 Å². The quantitative estimate of drug-likeness (QED) is 0.393. The van der Waals surface area contributed by atoms with E-state index in [4.69, 9.17) is 17.0 Å². The van der Waals surface area contributed by atoms with Crippen LogP contribution in [0.3, 0.4) is 0 Å². The summed E-state index contributed by atoms with van der Waals surface area (Å²) in [6, 6.07) is 26.8. The van der Waals surface area contributed by atoms with Crippen LogP contribution in [0.25, 0.3) is 5.69 Å². The second kappa shape index (κ2) is 8.71. The van der Waals surface area contributed by atoms with Gasteiger partial charge in [0.15, 0.2) is 5.11 Å². The van der Waals surface area contributed by atoms with E-state index in [1.807, 2.05) is 30.5 Å². The molecule has 0 amide bonds. The third-order valence-electron chi connectivity index (χ3n) is 6.15. The SMILES string of the molecule is COc1ccc(-n2c(C)ccc2[C@H]2[C@@H](c3ccccn3)NC(=S)N2c2ccc(C)cc2)cc1. The van der Waals surface area contributed by atoms with E-state index in [1.165, 1.54) is 5.56 Å². The van der Waals surface area contributed by atoms with Crippen molar-refractivity contribution in [3.05, 3.63) is 108 Å². The number of ether oxygens (including phenoxy) is 1. The molecule has 5 rings (SSSR count). The Morgan fingerprint density at radius 3 is 2.27 bits per heavy atom. The van der Waals surface area contributed by atoms with Crippen LogP contribution in [0.1, 0.15) is 34.7 Å². The summed E-state index contributed by atoms with van der Waals surface area (Å²) in [5.74, 6) is 0.835. The van der Waals surface area contributed by atoms with Gasteiger partial charge in [0.05, 0.1) is 18.8 Å². The van der Waals surface area contributed by atoms with Crippen molar-refractivity contribution in [1.82, 2.24) is 14.9 Å². The lowest BCUT2D eigenvalue weighted by atomic mass is 10.0. The predicted molar refractivity (Wildman–Crippen MR) is 136 cm³/mol. The van der Waals surface area contributed by atoms with Crippen LogP contribution in [0.4, 0.5) is 5.69 Å². The van der Waals surface area contributed by atoms with Gasteiger partial charge in [0.2, 0.25) is 0 Å². The van der Waals surface area contributed by atoms with Gasteiger partial charge in [-0.25, -0.2) is 0 Å². The molecule has 2 aromatic carbocycles. The van der Waals surface area contributed by atoms with Crippen molar-refractivity contribution >= 4 is 23.0 Å². The molecule has 0 radical (unpaired) electrons. The molecule has 0 unspecified atom stereocenters. The maximum absolute atomic E-state index is 5.87. The number of thiocarbonyl (C=S) groups is 1. The highest BCUT2D eigenvalue weighted by molar-refractivity contribution is 7.80. The Hall–Kier alpha value is -3.64. The summed E-state index contributed by atoms with van der Waals surface area (Å²) in [6.45, 7) is 4.22. The van der Waals surface area contributed by atoms with Crippen molar-refractivity contribution in [2.45, 2.75) is 25.9 Å². The number of pyridine rings is 1. The van der Waals surface area contributed by atoms with E-state index in [-0.39, 0.29) is 12.1 Å². The molecule has 1 aliphatic rings. The molecule has 6 heteroatoms. The highest BCUT2D eigenvalue weighted by Gasteiger charge is 2.42. The van der Waals surface area contributed by atoms with E-state index in [0.29, 0.717) is 5.11 Å². The van der Waals surface area contributed by atoms with Crippen LogP contribution in [0.15, 0.2) is 85.1 Å². The van der Waals surface area contributed by atoms with Gasteiger partial charge < -0.3 is 19.5 Å². The fourth-order valence-electron chi connectivity index (χ4n) is 4.51. The Kier molecular flexibility index (Phi) is 5.60. The molecule has 0 saturated carbocycles. The number of benzene rings is 2. The number of anilines is 1. The summed E-state index contributed by atoms with van der Waals surface area (Å²) in [5, 5.41) is 4.24. The Bertz CT molecular complexity index is 1270. The van der Waals surface area contributed by atoms with E-state index in [2.05, 4.69) is 88.2 Å². The predicted octanol–water partition coefficient (Wildman–Crippen LogP) is 5.67. The minimum absolute atomic E-state index is 0.0779. The van der Waals surface area contributed by atoms with Gasteiger partial charge in [-0.05, 0) is 86.7 Å². The number of nitrogens with zero attached hydrogens (tertiary/aromatic N) is 3. The van der Waals surface area contributed by atoms with Gasteiger partial charge in [-0.1, -0.05) is 23.8 Å². The lowest BCUT2D eigenvalue weighted by molar-refractivity contribution is 0.414. The van der Waals surface area contributed by atoms with Crippen LogP contribution in [-0.4, -0.2) is 21.8 Å². The third kappa shape index (κ3) is 3.87. The molecular formula is C27H26N4OS. The van der Waals surface area contributed by atoms with E-state index in [9.17, 15) is 0 Å². The average Bonchev–Trinajstić information content (AvgIpc) is 3.39. The Morgan fingerprint density at radius 1 is 0.879 bits per heavy atom. The van der Waals surface area contributed by atoms with Crippen molar-refractivity contribution < 1.29 is 4.74 Å². The second-order valence-electron chi connectivity index (χ2n) is 8.27. The summed E-state index contributed by atoms with van der Waals surface area (Å²) in [6.07, 6.45) is 1.83. The van der Waals surface area contributed by atoms with Crippen molar-refractivity contribution in [2.75, 3.05) is 12.0 Å². The van der Waals surface area contributed by atoms with Crippen molar-refractivity contribution in [1.29, 1.82) is 0 Å². The molecule has 2 aromatic heterocycles. The Morgan fingerprint density at radius 2 is 1.61 bits per heavy atom. The average molecular weight is 455 g/mol. The van der Waals surface area contributed by atoms with Crippen LogP contribution in [0, 0.1) is 13.8 Å². The Labute approximate surface area is 199 Å². The molecule has 0 aliphatic carbocycles. The summed E-state index contributed by atoms with van der Waals surface area (Å²) in [7, 11) is 1.68. The molecule has 0 spiro atoms. The topological polar surface area (TPSA) is 42.3 Å². The number of rotatable bonds is 5. The van der Waals surface area contributed by atoms with Gasteiger partial charge in [0.25, 0.3) is 0 Å². The van der Waals surface area contributed by atoms with E-state index in [1.54, 1.807) is 7.11 Å². The van der Waals surface area contributed by atoms with Crippen LogP contribution in [0.5, 0.6) is 5.75 Å². The third-order valence-corrected chi connectivity index (χ3v) is 6.46. The molecule has 1 aliphatic heterocycles. The molecular weight excluding hydrogens is 428 g/mol. The fraction of sp³-hybridized carbons (Fsp3) is 0.185. The van der Waals surface area contributed by atoms with Crippen LogP contribution < -0.4 is 15.0 Å². The lowest BCUT2D eigenvalue weighted by Gasteiger charge is -2.29. The van der Waals surface area contributed by atoms with Gasteiger partial charge in [0, 0.05) is 29.0 Å². The highest BCUT2D eigenvalue weighted by atomic mass is 32.1. The first-order valence-corrected chi connectivity index (χ1v) is 11.4. The first-order chi connectivity index (χ1) is 16.1. The molecule has 166 valence electrons. The maximum Gasteiger partial charge on any atom is 0.174 e. The Balaban J connectivity index is 1.67. The summed E-state index contributed by atoms with van der Waals surface area (Å²) in [4.78, 5) is 6.88. The van der Waals surface area contributed by atoms with Crippen molar-refractivity contribution in [3.63, 3.8) is 0 Å². The smallest absolute Gasteiger partial charge is 0.174 e. The number of hydrogen-bond acceptors (Lipinski definition) is 3. The second-order valence-corrected chi connectivity index (χ2v) is 8.65. The fourth-order valence-corrected chi connectivity index (χ4v) is 4.86. The number of hydrogen-bond donors (Lipinski definition) is 1. The zero-order chi connectivity index (χ0) is 22.9. The summed E-state index contributed by atoms with van der Waals surface area (Å²) >= 11 is 5.87. The molecule has 5 nitrogen and oxygen atoms in total. The van der Waals surface area contributed by atoms with E-state index >= 15 is 0 Å². The molecule has 3 heterocycles. The normalized spacial score (nSPS) is 17.8. The number of methoxy groups -OCH3 is 1. The van der Waals surface area contributed by atoms with E-state index < -0.39 is 0 Å². The lowest BCUT2D eigenvalue weighted by Crippen LogP contribution is -2.30. The molecule has 2 atom stereocenters. The van der Waals surface area contributed by atoms with Gasteiger partial charge in [0.1, 0.15) is 11.8 Å². The molecule has 0 bridgehead atoms. The maximum atomic E-state index is 5.87. The van der Waals surface area contributed by atoms with Crippen LogP contribution >= 0.6 is 12.2 Å². The van der Waals surface area contributed by atoms with Crippen LogP contribution in [0.2, 0.25) is 0 Å². The largest absolute Gasteiger partial charge is 0.497 e. The highest BCUT2D eigenvalue weighted by Crippen LogP contribution is 2.42. The molecule has 33 heavy (non-hydrogen) atoms. The number of aromatic nitrogens is 2. The van der Waals surface area contributed by atoms with Gasteiger partial charge in [-0.15, -0.1) is 0 Å². The van der Waals surface area contributed by atoms with E-state index in [0.717, 1.165) is 34.2 Å². The van der Waals surface area contributed by atoms with Gasteiger partial charge in [-0.2, -0.15) is 0 Å². The molecule has 1 fully saturated rings. The molecule has 1 N–H and O–H groups in total. The first-order valence-electron chi connectivity index (χ1n) is 11.0. The van der Waals surface area contributed by atoms with Gasteiger partial charge >= 0.3 is 0 Å².